The Morgan fingerprint density at radius 1 is 1.00 bits per heavy atom. The minimum Gasteiger partial charge on any atom is -0.496 e. The lowest BCUT2D eigenvalue weighted by atomic mass is 9.91. The van der Waals surface area contributed by atoms with Crippen LogP contribution in [0.4, 0.5) is 5.69 Å². The van der Waals surface area contributed by atoms with Gasteiger partial charge in [0.2, 0.25) is 0 Å². The van der Waals surface area contributed by atoms with Gasteiger partial charge in [-0.25, -0.2) is 5.43 Å². The summed E-state index contributed by atoms with van der Waals surface area (Å²) in [5.74, 6) is 0.361. The van der Waals surface area contributed by atoms with E-state index in [9.17, 15) is 14.9 Å². The van der Waals surface area contributed by atoms with Crippen molar-refractivity contribution < 1.29 is 18.9 Å². The third kappa shape index (κ3) is 5.02. The molecule has 3 aromatic carbocycles. The summed E-state index contributed by atoms with van der Waals surface area (Å²) in [4.78, 5) is 23.5. The molecule has 0 radical (unpaired) electrons. The molecule has 4 rings (SSSR count). The van der Waals surface area contributed by atoms with E-state index in [1.165, 1.54) is 25.5 Å². The first-order chi connectivity index (χ1) is 16.6. The van der Waals surface area contributed by atoms with Gasteiger partial charge in [0.25, 0.3) is 11.6 Å². The lowest BCUT2D eigenvalue weighted by molar-refractivity contribution is -0.384. The van der Waals surface area contributed by atoms with Gasteiger partial charge in [-0.15, -0.1) is 0 Å². The van der Waals surface area contributed by atoms with Crippen molar-refractivity contribution in [3.63, 3.8) is 0 Å². The van der Waals surface area contributed by atoms with Crippen LogP contribution in [0, 0.1) is 10.1 Å². The minimum absolute atomic E-state index is 0.0805. The van der Waals surface area contributed by atoms with Crippen molar-refractivity contribution in [1.82, 2.24) is 5.43 Å². The van der Waals surface area contributed by atoms with Gasteiger partial charge in [-0.1, -0.05) is 60.7 Å². The first kappa shape index (κ1) is 22.5. The summed E-state index contributed by atoms with van der Waals surface area (Å²) in [7, 11) is 1.43. The number of nitro groups is 1. The summed E-state index contributed by atoms with van der Waals surface area (Å²) in [6.07, 6.45) is 1.40. The molecule has 8 heteroatoms. The van der Waals surface area contributed by atoms with Gasteiger partial charge >= 0.3 is 0 Å². The molecule has 34 heavy (non-hydrogen) atoms. The highest BCUT2D eigenvalue weighted by Crippen LogP contribution is 2.34. The molecular weight excluding hydrogens is 434 g/mol. The van der Waals surface area contributed by atoms with Crippen molar-refractivity contribution in [2.45, 2.75) is 5.92 Å². The number of hydrogen-bond acceptors (Lipinski definition) is 6. The Balaban J connectivity index is 1.51. The van der Waals surface area contributed by atoms with Crippen molar-refractivity contribution in [1.29, 1.82) is 0 Å². The normalized spacial score (nSPS) is 11.0. The lowest BCUT2D eigenvalue weighted by Gasteiger charge is -2.16. The van der Waals surface area contributed by atoms with Gasteiger partial charge in [-0.3, -0.25) is 14.9 Å². The molecule has 0 fully saturated rings. The summed E-state index contributed by atoms with van der Waals surface area (Å²) in [5, 5.41) is 15.1. The molecule has 0 spiro atoms. The smallest absolute Gasteiger partial charge is 0.273 e. The molecule has 0 aliphatic rings. The minimum atomic E-state index is -0.518. The van der Waals surface area contributed by atoms with Crippen LogP contribution in [0.1, 0.15) is 22.8 Å². The largest absolute Gasteiger partial charge is 0.496 e. The number of hydrogen-bond donors (Lipinski definition) is 1. The molecule has 0 bridgehead atoms. The summed E-state index contributed by atoms with van der Waals surface area (Å²) >= 11 is 0. The maximum atomic E-state index is 13.0. The van der Waals surface area contributed by atoms with Crippen LogP contribution in [-0.4, -0.2) is 24.2 Å². The van der Waals surface area contributed by atoms with Crippen LogP contribution < -0.4 is 10.2 Å². The van der Waals surface area contributed by atoms with E-state index in [4.69, 9.17) is 9.15 Å². The maximum absolute atomic E-state index is 13.0. The van der Waals surface area contributed by atoms with E-state index in [2.05, 4.69) is 10.5 Å². The van der Waals surface area contributed by atoms with Gasteiger partial charge in [-0.2, -0.15) is 5.10 Å². The Morgan fingerprint density at radius 2 is 1.65 bits per heavy atom. The van der Waals surface area contributed by atoms with Crippen molar-refractivity contribution >= 4 is 17.8 Å². The Kier molecular flexibility index (Phi) is 6.78. The van der Waals surface area contributed by atoms with Crippen LogP contribution >= 0.6 is 0 Å². The molecule has 0 aliphatic carbocycles. The monoisotopic (exact) mass is 455 g/mol. The molecular formula is C26H21N3O5. The van der Waals surface area contributed by atoms with Crippen LogP contribution in [0.25, 0.3) is 11.3 Å². The van der Waals surface area contributed by atoms with E-state index in [1.807, 2.05) is 60.7 Å². The highest BCUT2D eigenvalue weighted by molar-refractivity contribution is 5.88. The van der Waals surface area contributed by atoms with Gasteiger partial charge < -0.3 is 9.15 Å². The van der Waals surface area contributed by atoms with Crippen LogP contribution in [0.5, 0.6) is 5.75 Å². The molecule has 1 N–H and O–H groups in total. The standard InChI is InChI=1S/C26H21N3O5/c1-33-24-16-20(29(31)32)12-14-22(24)23-15-13-21(34-23)17-27-28-26(30)25(18-8-4-2-5-9-18)19-10-6-3-7-11-19/h2-17,25H,1H3,(H,28,30)/b27-17-. The number of amides is 1. The van der Waals surface area contributed by atoms with E-state index in [-0.39, 0.29) is 11.6 Å². The Labute approximate surface area is 195 Å². The zero-order valence-corrected chi connectivity index (χ0v) is 18.3. The highest BCUT2D eigenvalue weighted by atomic mass is 16.6. The van der Waals surface area contributed by atoms with Crippen molar-refractivity contribution in [3.05, 3.63) is 118 Å². The van der Waals surface area contributed by atoms with E-state index in [0.29, 0.717) is 22.8 Å². The maximum Gasteiger partial charge on any atom is 0.273 e. The predicted molar refractivity (Wildman–Crippen MR) is 128 cm³/mol. The number of methoxy groups -OCH3 is 1. The van der Waals surface area contributed by atoms with Crippen LogP contribution in [0.2, 0.25) is 0 Å². The van der Waals surface area contributed by atoms with Crippen LogP contribution in [-0.2, 0) is 4.79 Å². The number of non-ortho nitro benzene ring substituents is 1. The Bertz CT molecular complexity index is 1280. The number of rotatable bonds is 8. The molecule has 1 aromatic heterocycles. The van der Waals surface area contributed by atoms with E-state index < -0.39 is 10.8 Å². The average molecular weight is 455 g/mol. The first-order valence-electron chi connectivity index (χ1n) is 10.4. The van der Waals surface area contributed by atoms with Crippen LogP contribution in [0.3, 0.4) is 0 Å². The second kappa shape index (κ2) is 10.3. The third-order valence-electron chi connectivity index (χ3n) is 5.18. The quantitative estimate of drug-likeness (QED) is 0.225. The lowest BCUT2D eigenvalue weighted by Crippen LogP contribution is -2.26. The number of nitro benzene ring substituents is 1. The van der Waals surface area contributed by atoms with Gasteiger partial charge in [0.05, 0.1) is 35.8 Å². The molecule has 8 nitrogen and oxygen atoms in total. The summed E-state index contributed by atoms with van der Waals surface area (Å²) in [5.41, 5.74) is 4.78. The number of carbonyl (C=O) groups excluding carboxylic acids is 1. The van der Waals surface area contributed by atoms with Gasteiger partial charge in [0.15, 0.2) is 0 Å². The number of hydrazone groups is 1. The van der Waals surface area contributed by atoms with Gasteiger partial charge in [-0.05, 0) is 29.3 Å². The summed E-state index contributed by atoms with van der Waals surface area (Å²) < 4.78 is 11.0. The Hall–Kier alpha value is -4.72. The number of furan rings is 1. The zero-order chi connectivity index (χ0) is 23.9. The molecule has 0 aliphatic heterocycles. The first-order valence-corrected chi connectivity index (χ1v) is 10.4. The summed E-state index contributed by atoms with van der Waals surface area (Å²) in [6.45, 7) is 0. The zero-order valence-electron chi connectivity index (χ0n) is 18.3. The molecule has 1 amide bonds. The molecule has 0 saturated heterocycles. The van der Waals surface area contributed by atoms with Gasteiger partial charge in [0, 0.05) is 6.07 Å². The average Bonchev–Trinajstić information content (AvgIpc) is 3.34. The van der Waals surface area contributed by atoms with Crippen molar-refractivity contribution in [3.8, 4) is 17.1 Å². The fourth-order valence-corrected chi connectivity index (χ4v) is 3.57. The third-order valence-corrected chi connectivity index (χ3v) is 5.18. The van der Waals surface area contributed by atoms with E-state index in [1.54, 1.807) is 18.2 Å². The SMILES string of the molecule is COc1cc([N+](=O)[O-])ccc1-c1ccc(/C=N\NC(=O)C(c2ccccc2)c2ccccc2)o1. The molecule has 1 heterocycles. The second-order valence-corrected chi connectivity index (χ2v) is 7.33. The fraction of sp³-hybridized carbons (Fsp3) is 0.0769. The predicted octanol–water partition coefficient (Wildman–Crippen LogP) is 5.15. The van der Waals surface area contributed by atoms with Crippen molar-refractivity contribution in [2.75, 3.05) is 7.11 Å². The topological polar surface area (TPSA) is 107 Å². The van der Waals surface area contributed by atoms with E-state index in [0.717, 1.165) is 11.1 Å². The van der Waals surface area contributed by atoms with Crippen molar-refractivity contribution in [2.24, 2.45) is 5.10 Å². The number of carbonyl (C=O) groups is 1. The molecule has 0 saturated carbocycles. The molecule has 0 unspecified atom stereocenters. The molecule has 0 atom stereocenters. The fourth-order valence-electron chi connectivity index (χ4n) is 3.57. The molecule has 170 valence electrons. The van der Waals surface area contributed by atoms with Gasteiger partial charge in [0.1, 0.15) is 17.3 Å². The highest BCUT2D eigenvalue weighted by Gasteiger charge is 2.22. The number of nitrogens with one attached hydrogen (secondary N) is 1. The second-order valence-electron chi connectivity index (χ2n) is 7.33. The summed E-state index contributed by atoms with van der Waals surface area (Å²) in [6, 6.07) is 26.6. The number of ether oxygens (including phenoxy) is 1. The Morgan fingerprint density at radius 3 is 2.24 bits per heavy atom. The number of nitrogens with zero attached hydrogens (tertiary/aromatic N) is 2. The molecule has 4 aromatic rings. The van der Waals surface area contributed by atoms with E-state index >= 15 is 0 Å². The number of benzene rings is 3. The van der Waals surface area contributed by atoms with Crippen LogP contribution in [0.15, 0.2) is 101 Å².